The van der Waals surface area contributed by atoms with Gasteiger partial charge in [-0.25, -0.2) is 0 Å². The minimum absolute atomic E-state index is 0.0476. The summed E-state index contributed by atoms with van der Waals surface area (Å²) in [6.07, 6.45) is 4.76. The molecule has 4 atom stereocenters. The first kappa shape index (κ1) is 22.1. The lowest BCUT2D eigenvalue weighted by Gasteiger charge is -2.60. The third-order valence-corrected chi connectivity index (χ3v) is 9.45. The Hall–Kier alpha value is -3.15. The number of nitrogens with one attached hydrogen (secondary N) is 1. The molecule has 1 aliphatic carbocycles. The quantitative estimate of drug-likeness (QED) is 0.561. The lowest BCUT2D eigenvalue weighted by atomic mass is 9.50. The monoisotopic (exact) mass is 480 g/mol. The highest BCUT2D eigenvalue weighted by Gasteiger charge is 2.75. The molecule has 3 saturated heterocycles. The minimum atomic E-state index is -0.376. The highest BCUT2D eigenvalue weighted by atomic mass is 16.5. The normalized spacial score (nSPS) is 32.1. The molecule has 4 aliphatic rings. The number of piperidine rings is 1. The van der Waals surface area contributed by atoms with Gasteiger partial charge in [0.15, 0.2) is 0 Å². The molecule has 1 amide bonds. The topological polar surface area (TPSA) is 61.8 Å². The van der Waals surface area contributed by atoms with Crippen molar-refractivity contribution in [3.05, 3.63) is 101 Å². The van der Waals surface area contributed by atoms with Crippen LogP contribution in [0.3, 0.4) is 0 Å². The number of likely N-dealkylation sites (tertiary alicyclic amines) is 1. The summed E-state index contributed by atoms with van der Waals surface area (Å²) < 4.78 is 7.22. The minimum Gasteiger partial charge on any atom is -0.508 e. The van der Waals surface area contributed by atoms with Crippen molar-refractivity contribution in [1.82, 2.24) is 10.2 Å². The highest BCUT2D eigenvalue weighted by Crippen LogP contribution is 2.69. The van der Waals surface area contributed by atoms with E-state index in [1.54, 1.807) is 0 Å². The van der Waals surface area contributed by atoms with Crippen molar-refractivity contribution in [3.8, 4) is 5.75 Å². The average molecular weight is 481 g/mol. The van der Waals surface area contributed by atoms with Crippen LogP contribution in [-0.4, -0.2) is 46.2 Å². The fourth-order valence-corrected chi connectivity index (χ4v) is 7.98. The summed E-state index contributed by atoms with van der Waals surface area (Å²) in [5.74, 6) is 0.284. The average Bonchev–Trinajstić information content (AvgIpc) is 3.43. The summed E-state index contributed by atoms with van der Waals surface area (Å²) in [6, 6.07) is 26.4. The van der Waals surface area contributed by atoms with E-state index in [-0.39, 0.29) is 28.6 Å². The van der Waals surface area contributed by atoms with Crippen LogP contribution in [0, 0.1) is 0 Å². The predicted octanol–water partition coefficient (Wildman–Crippen LogP) is 4.58. The van der Waals surface area contributed by atoms with E-state index in [9.17, 15) is 9.90 Å². The Kier molecular flexibility index (Phi) is 4.86. The van der Waals surface area contributed by atoms with Crippen molar-refractivity contribution in [2.24, 2.45) is 0 Å². The molecule has 2 N–H and O–H groups in total. The van der Waals surface area contributed by atoms with E-state index < -0.39 is 0 Å². The van der Waals surface area contributed by atoms with Crippen LogP contribution in [0.15, 0.2) is 78.9 Å². The third-order valence-electron chi connectivity index (χ3n) is 9.45. The van der Waals surface area contributed by atoms with E-state index in [2.05, 4.69) is 46.6 Å². The second-order valence-electron chi connectivity index (χ2n) is 11.2. The smallest absolute Gasteiger partial charge is 0.251 e. The number of hydrogen-bond donors (Lipinski definition) is 2. The number of rotatable bonds is 5. The van der Waals surface area contributed by atoms with Crippen molar-refractivity contribution < 1.29 is 14.6 Å². The number of amides is 1. The van der Waals surface area contributed by atoms with E-state index in [1.165, 1.54) is 16.7 Å². The zero-order chi connectivity index (χ0) is 24.4. The van der Waals surface area contributed by atoms with Gasteiger partial charge >= 0.3 is 0 Å². The van der Waals surface area contributed by atoms with Gasteiger partial charge in [0, 0.05) is 30.1 Å². The Labute approximate surface area is 212 Å². The molecule has 0 aromatic heterocycles. The molecule has 36 heavy (non-hydrogen) atoms. The molecule has 3 fully saturated rings. The largest absolute Gasteiger partial charge is 0.508 e. The molecule has 3 heterocycles. The summed E-state index contributed by atoms with van der Waals surface area (Å²) in [6.45, 7) is 2.44. The van der Waals surface area contributed by atoms with Crippen LogP contribution < -0.4 is 5.32 Å². The fourth-order valence-electron chi connectivity index (χ4n) is 7.98. The fraction of sp³-hybridized carbons (Fsp3) is 0.387. The molecule has 1 spiro atoms. The van der Waals surface area contributed by atoms with Crippen molar-refractivity contribution in [1.29, 1.82) is 0 Å². The maximum atomic E-state index is 12.9. The molecule has 3 aromatic carbocycles. The van der Waals surface area contributed by atoms with Crippen LogP contribution in [0.25, 0.3) is 0 Å². The Morgan fingerprint density at radius 3 is 2.58 bits per heavy atom. The number of carbonyl (C=O) groups is 1. The second-order valence-corrected chi connectivity index (χ2v) is 11.2. The Morgan fingerprint density at radius 2 is 1.78 bits per heavy atom. The van der Waals surface area contributed by atoms with Crippen LogP contribution in [0.1, 0.15) is 52.7 Å². The van der Waals surface area contributed by atoms with E-state index in [0.29, 0.717) is 17.9 Å². The van der Waals surface area contributed by atoms with E-state index in [0.717, 1.165) is 45.2 Å². The van der Waals surface area contributed by atoms with Crippen LogP contribution in [0.4, 0.5) is 0 Å². The first-order valence-corrected chi connectivity index (χ1v) is 13.2. The van der Waals surface area contributed by atoms with E-state index in [1.807, 2.05) is 42.5 Å². The third kappa shape index (κ3) is 3.12. The van der Waals surface area contributed by atoms with Gasteiger partial charge in [0.1, 0.15) is 5.75 Å². The van der Waals surface area contributed by atoms with Gasteiger partial charge < -0.3 is 15.2 Å². The first-order valence-electron chi connectivity index (χ1n) is 13.2. The van der Waals surface area contributed by atoms with E-state index in [4.69, 9.17) is 4.74 Å². The maximum Gasteiger partial charge on any atom is 0.251 e. The van der Waals surface area contributed by atoms with Crippen LogP contribution in [0.5, 0.6) is 5.75 Å². The highest BCUT2D eigenvalue weighted by molar-refractivity contribution is 5.94. The molecular formula is C31H32N2O3. The van der Waals surface area contributed by atoms with Gasteiger partial charge in [-0.05, 0) is 79.6 Å². The number of ether oxygens (including phenoxy) is 1. The van der Waals surface area contributed by atoms with Crippen LogP contribution >= 0.6 is 0 Å². The molecule has 3 aromatic rings. The zero-order valence-corrected chi connectivity index (χ0v) is 20.5. The lowest BCUT2D eigenvalue weighted by molar-refractivity contribution is -0.140. The van der Waals surface area contributed by atoms with Gasteiger partial charge in [0.2, 0.25) is 0 Å². The summed E-state index contributed by atoms with van der Waals surface area (Å²) in [4.78, 5) is 15.5. The number of benzene rings is 3. The zero-order valence-electron chi connectivity index (χ0n) is 20.5. The molecule has 4 bridgehead atoms. The summed E-state index contributed by atoms with van der Waals surface area (Å²) in [5, 5.41) is 13.7. The lowest BCUT2D eigenvalue weighted by Crippen LogP contribution is -2.69. The number of hydrogen-bond acceptors (Lipinski definition) is 4. The molecule has 5 heteroatoms. The van der Waals surface area contributed by atoms with Gasteiger partial charge in [-0.15, -0.1) is 0 Å². The predicted molar refractivity (Wildman–Crippen MR) is 138 cm³/mol. The molecule has 0 radical (unpaired) electrons. The number of phenols is 1. The van der Waals surface area contributed by atoms with Gasteiger partial charge in [-0.3, -0.25) is 9.69 Å². The van der Waals surface area contributed by atoms with Gasteiger partial charge in [0.05, 0.1) is 11.2 Å². The summed E-state index contributed by atoms with van der Waals surface area (Å²) in [5.41, 5.74) is 3.81. The Balaban J connectivity index is 1.24. The van der Waals surface area contributed by atoms with Crippen LogP contribution in [0.2, 0.25) is 0 Å². The number of phenolic OH excluding ortho intramolecular Hbond substituents is 1. The molecule has 7 rings (SSSR count). The Morgan fingerprint density at radius 1 is 1.00 bits per heavy atom. The van der Waals surface area contributed by atoms with Crippen molar-refractivity contribution >= 4 is 5.91 Å². The molecule has 5 nitrogen and oxygen atoms in total. The molecule has 0 unspecified atom stereocenters. The van der Waals surface area contributed by atoms with E-state index >= 15 is 0 Å². The van der Waals surface area contributed by atoms with Gasteiger partial charge in [-0.1, -0.05) is 54.6 Å². The van der Waals surface area contributed by atoms with Gasteiger partial charge in [-0.2, -0.15) is 0 Å². The van der Waals surface area contributed by atoms with Crippen molar-refractivity contribution in [3.63, 3.8) is 0 Å². The summed E-state index contributed by atoms with van der Waals surface area (Å²) in [7, 11) is 0. The second kappa shape index (κ2) is 7.92. The van der Waals surface area contributed by atoms with Crippen molar-refractivity contribution in [2.75, 3.05) is 13.1 Å². The van der Waals surface area contributed by atoms with Crippen molar-refractivity contribution in [2.45, 2.75) is 61.3 Å². The molecule has 0 saturated carbocycles. The van der Waals surface area contributed by atoms with Crippen LogP contribution in [-0.2, 0) is 23.1 Å². The molecule has 3 aliphatic heterocycles. The first-order chi connectivity index (χ1) is 17.5. The summed E-state index contributed by atoms with van der Waals surface area (Å²) >= 11 is 0. The number of aromatic hydroxyl groups is 1. The van der Waals surface area contributed by atoms with Gasteiger partial charge in [0.25, 0.3) is 5.91 Å². The molecule has 184 valence electrons. The number of carbonyl (C=O) groups excluding carboxylic acids is 1. The number of fused-ring (bicyclic) bond motifs is 2. The number of nitrogens with zero attached hydrogens (tertiary/aromatic N) is 1. The standard InChI is InChI=1S/C31H32N2O3/c34-25-12-11-24-17-27-31-14-13-29(36-31,21-32-28(35)23-9-5-2-6-10-23)20-30(31,26(24)18-25)15-16-33(27)19-22-7-3-1-4-8-22/h1-12,18,27,34H,13-17,19-21H2,(H,32,35)/t27-,29-,30-,31-/m1/s1. The Bertz CT molecular complexity index is 1310. The molecular weight excluding hydrogens is 448 g/mol. The maximum absolute atomic E-state index is 12.9. The SMILES string of the molecule is O=C(NC[C@]12CC[C@@]3(O1)[C@H]1Cc4ccc(O)cc4[C@@]3(CCN1Cc1ccccc1)C2)c1ccccc1.